The molecule has 1 unspecified atom stereocenters. The maximum atomic E-state index is 6.06. The van der Waals surface area contributed by atoms with Crippen LogP contribution >= 0.6 is 0 Å². The largest absolute Gasteiger partial charge is 0.375 e. The topological polar surface area (TPSA) is 41.7 Å². The first-order chi connectivity index (χ1) is 9.55. The third kappa shape index (κ3) is 2.76. The van der Waals surface area contributed by atoms with E-state index >= 15 is 0 Å². The maximum absolute atomic E-state index is 6.06. The van der Waals surface area contributed by atoms with Crippen LogP contribution in [0.15, 0.2) is 0 Å². The Labute approximate surface area is 123 Å². The molecule has 0 aromatic carbocycles. The molecule has 0 aromatic rings. The minimum Gasteiger partial charge on any atom is -0.375 e. The summed E-state index contributed by atoms with van der Waals surface area (Å²) in [6, 6.07) is 0.757. The molecule has 1 aliphatic carbocycles. The van der Waals surface area contributed by atoms with Gasteiger partial charge in [0.2, 0.25) is 0 Å². The summed E-state index contributed by atoms with van der Waals surface area (Å²) in [6.45, 7) is 11.0. The van der Waals surface area contributed by atoms with Crippen LogP contribution in [0, 0.1) is 0 Å². The SMILES string of the molecule is CC(C)(CN)N1CCN(C2CCOC3(CCC3)C2)CC1. The highest BCUT2D eigenvalue weighted by atomic mass is 16.5. The molecular weight excluding hydrogens is 250 g/mol. The van der Waals surface area contributed by atoms with Crippen molar-refractivity contribution < 1.29 is 4.74 Å². The van der Waals surface area contributed by atoms with Crippen LogP contribution in [0.2, 0.25) is 0 Å². The molecule has 2 heterocycles. The average Bonchev–Trinajstić information content (AvgIpc) is 2.46. The van der Waals surface area contributed by atoms with Gasteiger partial charge in [0.05, 0.1) is 5.60 Å². The molecule has 3 fully saturated rings. The minimum atomic E-state index is 0.150. The lowest BCUT2D eigenvalue weighted by molar-refractivity contribution is -0.151. The van der Waals surface area contributed by atoms with E-state index in [1.807, 2.05) is 0 Å². The normalized spacial score (nSPS) is 32.2. The van der Waals surface area contributed by atoms with Crippen LogP contribution in [-0.2, 0) is 4.74 Å². The van der Waals surface area contributed by atoms with Crippen molar-refractivity contribution in [2.75, 3.05) is 39.3 Å². The third-order valence-electron chi connectivity index (χ3n) is 5.92. The van der Waals surface area contributed by atoms with E-state index in [-0.39, 0.29) is 11.1 Å². The number of hydrogen-bond acceptors (Lipinski definition) is 4. The van der Waals surface area contributed by atoms with Crippen LogP contribution in [-0.4, -0.2) is 66.3 Å². The van der Waals surface area contributed by atoms with Crippen LogP contribution in [0.3, 0.4) is 0 Å². The number of ether oxygens (including phenoxy) is 1. The van der Waals surface area contributed by atoms with Crippen LogP contribution in [0.5, 0.6) is 0 Å². The predicted molar refractivity (Wildman–Crippen MR) is 81.8 cm³/mol. The molecular formula is C16H31N3O. The van der Waals surface area contributed by atoms with Crippen LogP contribution in [0.25, 0.3) is 0 Å². The van der Waals surface area contributed by atoms with Gasteiger partial charge in [-0.2, -0.15) is 0 Å². The molecule has 1 saturated carbocycles. The van der Waals surface area contributed by atoms with Gasteiger partial charge in [0.15, 0.2) is 0 Å². The fourth-order valence-electron chi connectivity index (χ4n) is 4.05. The maximum Gasteiger partial charge on any atom is 0.0697 e. The Hall–Kier alpha value is -0.160. The zero-order valence-electron chi connectivity index (χ0n) is 13.2. The minimum absolute atomic E-state index is 0.150. The Morgan fingerprint density at radius 2 is 1.90 bits per heavy atom. The van der Waals surface area contributed by atoms with E-state index in [0.29, 0.717) is 0 Å². The summed E-state index contributed by atoms with van der Waals surface area (Å²) in [4.78, 5) is 5.27. The van der Waals surface area contributed by atoms with E-state index in [1.165, 1.54) is 45.2 Å². The second-order valence-electron chi connectivity index (χ2n) is 7.57. The summed E-state index contributed by atoms with van der Waals surface area (Å²) in [7, 11) is 0. The van der Waals surface area contributed by atoms with Crippen LogP contribution < -0.4 is 5.73 Å². The molecule has 0 amide bonds. The van der Waals surface area contributed by atoms with Crippen molar-refractivity contribution in [3.63, 3.8) is 0 Å². The van der Waals surface area contributed by atoms with Crippen LogP contribution in [0.1, 0.15) is 46.0 Å². The quantitative estimate of drug-likeness (QED) is 0.850. The van der Waals surface area contributed by atoms with Gasteiger partial charge in [0.25, 0.3) is 0 Å². The van der Waals surface area contributed by atoms with Crippen molar-refractivity contribution >= 4 is 0 Å². The lowest BCUT2D eigenvalue weighted by atomic mass is 9.73. The molecule has 116 valence electrons. The lowest BCUT2D eigenvalue weighted by Crippen LogP contribution is -2.60. The highest BCUT2D eigenvalue weighted by Crippen LogP contribution is 2.43. The predicted octanol–water partition coefficient (Wildman–Crippen LogP) is 1.44. The zero-order valence-corrected chi connectivity index (χ0v) is 13.2. The van der Waals surface area contributed by atoms with E-state index in [4.69, 9.17) is 10.5 Å². The molecule has 1 spiro atoms. The number of hydrogen-bond donors (Lipinski definition) is 1. The first kappa shape index (κ1) is 14.8. The van der Waals surface area contributed by atoms with Crippen LogP contribution in [0.4, 0.5) is 0 Å². The molecule has 2 aliphatic heterocycles. The molecule has 4 heteroatoms. The molecule has 0 aromatic heterocycles. The van der Waals surface area contributed by atoms with Gasteiger partial charge in [-0.1, -0.05) is 0 Å². The zero-order chi connectivity index (χ0) is 14.2. The van der Waals surface area contributed by atoms with E-state index in [0.717, 1.165) is 32.3 Å². The molecule has 20 heavy (non-hydrogen) atoms. The fraction of sp³-hybridized carbons (Fsp3) is 1.00. The molecule has 0 bridgehead atoms. The molecule has 3 rings (SSSR count). The lowest BCUT2D eigenvalue weighted by Gasteiger charge is -2.52. The average molecular weight is 281 g/mol. The van der Waals surface area contributed by atoms with Crippen molar-refractivity contribution in [3.8, 4) is 0 Å². The molecule has 2 N–H and O–H groups in total. The summed E-state index contributed by atoms with van der Waals surface area (Å²) < 4.78 is 6.06. The summed E-state index contributed by atoms with van der Waals surface area (Å²) in [6.07, 6.45) is 6.45. The van der Waals surface area contributed by atoms with Crippen molar-refractivity contribution in [2.24, 2.45) is 5.73 Å². The first-order valence-corrected chi connectivity index (χ1v) is 8.38. The van der Waals surface area contributed by atoms with Gasteiger partial charge in [-0.05, 0) is 46.0 Å². The summed E-state index contributed by atoms with van der Waals surface area (Å²) >= 11 is 0. The molecule has 3 aliphatic rings. The van der Waals surface area contributed by atoms with E-state index in [9.17, 15) is 0 Å². The Kier molecular flexibility index (Phi) is 4.10. The Balaban J connectivity index is 1.53. The van der Waals surface area contributed by atoms with Gasteiger partial charge in [0.1, 0.15) is 0 Å². The van der Waals surface area contributed by atoms with Gasteiger partial charge < -0.3 is 10.5 Å². The second-order valence-corrected chi connectivity index (χ2v) is 7.57. The fourth-order valence-corrected chi connectivity index (χ4v) is 4.05. The molecule has 2 saturated heterocycles. The van der Waals surface area contributed by atoms with Crippen molar-refractivity contribution in [3.05, 3.63) is 0 Å². The number of nitrogens with zero attached hydrogens (tertiary/aromatic N) is 2. The van der Waals surface area contributed by atoms with Crippen molar-refractivity contribution in [1.29, 1.82) is 0 Å². The summed E-state index contributed by atoms with van der Waals surface area (Å²) in [5, 5.41) is 0. The molecule has 4 nitrogen and oxygen atoms in total. The standard InChI is InChI=1S/C16H31N3O/c1-15(2,13-17)19-9-7-18(8-10-19)14-4-11-20-16(12-14)5-3-6-16/h14H,3-13,17H2,1-2H3. The van der Waals surface area contributed by atoms with Gasteiger partial charge in [-0.25, -0.2) is 0 Å². The number of rotatable bonds is 3. The van der Waals surface area contributed by atoms with E-state index in [1.54, 1.807) is 0 Å². The molecule has 1 atom stereocenters. The summed E-state index contributed by atoms with van der Waals surface area (Å²) in [5.74, 6) is 0. The first-order valence-electron chi connectivity index (χ1n) is 8.38. The summed E-state index contributed by atoms with van der Waals surface area (Å²) in [5.41, 5.74) is 6.33. The number of nitrogens with two attached hydrogens (primary N) is 1. The van der Waals surface area contributed by atoms with Gasteiger partial charge in [0, 0.05) is 50.9 Å². The Bertz CT molecular complexity index is 333. The Morgan fingerprint density at radius 3 is 2.45 bits per heavy atom. The van der Waals surface area contributed by atoms with Crippen molar-refractivity contribution in [2.45, 2.75) is 63.1 Å². The van der Waals surface area contributed by atoms with Gasteiger partial charge in [-0.15, -0.1) is 0 Å². The van der Waals surface area contributed by atoms with E-state index in [2.05, 4.69) is 23.6 Å². The smallest absolute Gasteiger partial charge is 0.0697 e. The molecule has 0 radical (unpaired) electrons. The second kappa shape index (κ2) is 5.56. The highest BCUT2D eigenvalue weighted by molar-refractivity contribution is 4.98. The van der Waals surface area contributed by atoms with E-state index < -0.39 is 0 Å². The van der Waals surface area contributed by atoms with Gasteiger partial charge >= 0.3 is 0 Å². The number of piperazine rings is 1. The highest BCUT2D eigenvalue weighted by Gasteiger charge is 2.44. The van der Waals surface area contributed by atoms with Gasteiger partial charge in [-0.3, -0.25) is 9.80 Å². The third-order valence-corrected chi connectivity index (χ3v) is 5.92. The van der Waals surface area contributed by atoms with Crippen molar-refractivity contribution in [1.82, 2.24) is 9.80 Å². The monoisotopic (exact) mass is 281 g/mol. The Morgan fingerprint density at radius 1 is 1.20 bits per heavy atom.